The highest BCUT2D eigenvalue weighted by atomic mass is 15.3. The van der Waals surface area contributed by atoms with Gasteiger partial charge in [-0.25, -0.2) is 9.50 Å². The molecule has 22 heavy (non-hydrogen) atoms. The van der Waals surface area contributed by atoms with Gasteiger partial charge in [-0.3, -0.25) is 4.68 Å². The second-order valence-electron chi connectivity index (χ2n) is 6.66. The van der Waals surface area contributed by atoms with E-state index in [2.05, 4.69) is 47.5 Å². The van der Waals surface area contributed by atoms with Crippen molar-refractivity contribution in [2.45, 2.75) is 39.7 Å². The van der Waals surface area contributed by atoms with Crippen LogP contribution in [-0.4, -0.2) is 24.4 Å². The van der Waals surface area contributed by atoms with Crippen molar-refractivity contribution >= 4 is 11.3 Å². The molecule has 0 aromatic carbocycles. The molecule has 3 heterocycles. The molecule has 0 spiro atoms. The molecular weight excluding hydrogens is 276 g/mol. The van der Waals surface area contributed by atoms with Crippen LogP contribution in [-0.2, 0) is 19.0 Å². The van der Waals surface area contributed by atoms with E-state index in [4.69, 9.17) is 0 Å². The average molecular weight is 298 g/mol. The van der Waals surface area contributed by atoms with E-state index in [0.717, 1.165) is 29.4 Å². The molecule has 0 atom stereocenters. The van der Waals surface area contributed by atoms with E-state index in [1.165, 1.54) is 5.56 Å². The molecule has 0 unspecified atom stereocenters. The van der Waals surface area contributed by atoms with Gasteiger partial charge in [-0.1, -0.05) is 20.8 Å². The van der Waals surface area contributed by atoms with Crippen LogP contribution in [0.2, 0.25) is 0 Å². The molecule has 3 rings (SSSR count). The molecule has 0 radical (unpaired) electrons. The molecule has 1 N–H and O–H groups in total. The van der Waals surface area contributed by atoms with Gasteiger partial charge in [0.15, 0.2) is 5.65 Å². The van der Waals surface area contributed by atoms with Crippen LogP contribution >= 0.6 is 0 Å². The molecule has 0 aliphatic carbocycles. The van der Waals surface area contributed by atoms with Gasteiger partial charge in [0.25, 0.3) is 0 Å². The predicted molar refractivity (Wildman–Crippen MR) is 87.0 cm³/mol. The zero-order valence-corrected chi connectivity index (χ0v) is 13.8. The first-order valence-electron chi connectivity index (χ1n) is 7.43. The molecule has 0 fully saturated rings. The number of pyridine rings is 1. The Kier molecular flexibility index (Phi) is 3.39. The molecule has 6 nitrogen and oxygen atoms in total. The SMILES string of the molecule is Cc1nc2ccc(NCc3cn(C)nc3C(C)(C)C)cn2n1. The summed E-state index contributed by atoms with van der Waals surface area (Å²) in [5.41, 5.74) is 4.25. The van der Waals surface area contributed by atoms with Crippen molar-refractivity contribution in [2.75, 3.05) is 5.32 Å². The number of nitrogens with one attached hydrogen (secondary N) is 1. The van der Waals surface area contributed by atoms with Gasteiger partial charge < -0.3 is 5.32 Å². The number of fused-ring (bicyclic) bond motifs is 1. The lowest BCUT2D eigenvalue weighted by Crippen LogP contribution is -2.16. The first kappa shape index (κ1) is 14.6. The van der Waals surface area contributed by atoms with Gasteiger partial charge in [0.2, 0.25) is 0 Å². The van der Waals surface area contributed by atoms with Gasteiger partial charge in [0.1, 0.15) is 5.82 Å². The second kappa shape index (κ2) is 5.12. The van der Waals surface area contributed by atoms with Gasteiger partial charge in [0.05, 0.1) is 17.6 Å². The molecule has 0 aliphatic heterocycles. The first-order chi connectivity index (χ1) is 10.3. The van der Waals surface area contributed by atoms with Crippen molar-refractivity contribution in [3.05, 3.63) is 41.6 Å². The van der Waals surface area contributed by atoms with Gasteiger partial charge in [-0.15, -0.1) is 0 Å². The van der Waals surface area contributed by atoms with Crippen molar-refractivity contribution in [2.24, 2.45) is 7.05 Å². The Balaban J connectivity index is 1.82. The summed E-state index contributed by atoms with van der Waals surface area (Å²) in [6.45, 7) is 9.18. The number of hydrogen-bond acceptors (Lipinski definition) is 4. The highest BCUT2D eigenvalue weighted by Crippen LogP contribution is 2.24. The Labute approximate surface area is 130 Å². The predicted octanol–water partition coefficient (Wildman–Crippen LogP) is 2.68. The Morgan fingerprint density at radius 3 is 2.64 bits per heavy atom. The van der Waals surface area contributed by atoms with E-state index in [1.54, 1.807) is 4.52 Å². The molecule has 6 heteroatoms. The monoisotopic (exact) mass is 298 g/mol. The lowest BCUT2D eigenvalue weighted by molar-refractivity contribution is 0.549. The summed E-state index contributed by atoms with van der Waals surface area (Å²) in [6.07, 6.45) is 4.04. The number of aromatic nitrogens is 5. The summed E-state index contributed by atoms with van der Waals surface area (Å²) in [6, 6.07) is 3.99. The standard InChI is InChI=1S/C16H22N6/c1-11-18-14-7-6-13(10-22(14)19-11)17-8-12-9-21(5)20-15(12)16(2,3)4/h6-7,9-10,17H,8H2,1-5H3. The maximum atomic E-state index is 4.60. The van der Waals surface area contributed by atoms with E-state index >= 15 is 0 Å². The van der Waals surface area contributed by atoms with Gasteiger partial charge >= 0.3 is 0 Å². The fraction of sp³-hybridized carbons (Fsp3) is 0.438. The van der Waals surface area contributed by atoms with E-state index in [-0.39, 0.29) is 5.41 Å². The van der Waals surface area contributed by atoms with Gasteiger partial charge in [-0.05, 0) is 19.1 Å². The third-order valence-corrected chi connectivity index (χ3v) is 3.53. The number of rotatable bonds is 3. The average Bonchev–Trinajstić information content (AvgIpc) is 2.97. The first-order valence-corrected chi connectivity index (χ1v) is 7.43. The van der Waals surface area contributed by atoms with Gasteiger partial charge in [0, 0.05) is 30.8 Å². The summed E-state index contributed by atoms with van der Waals surface area (Å²) < 4.78 is 3.67. The maximum Gasteiger partial charge on any atom is 0.155 e. The lowest BCUT2D eigenvalue weighted by Gasteiger charge is -2.17. The van der Waals surface area contributed by atoms with Crippen LogP contribution in [0, 0.1) is 6.92 Å². The zero-order valence-electron chi connectivity index (χ0n) is 13.8. The van der Waals surface area contributed by atoms with Crippen molar-refractivity contribution in [1.82, 2.24) is 24.4 Å². The number of aryl methyl sites for hydroxylation is 2. The van der Waals surface area contributed by atoms with E-state index in [1.807, 2.05) is 37.0 Å². The normalized spacial score (nSPS) is 12.0. The summed E-state index contributed by atoms with van der Waals surface area (Å²) in [4.78, 5) is 4.33. The summed E-state index contributed by atoms with van der Waals surface area (Å²) in [5, 5.41) is 12.4. The van der Waals surface area contributed by atoms with Crippen LogP contribution in [0.5, 0.6) is 0 Å². The lowest BCUT2D eigenvalue weighted by atomic mass is 9.89. The Morgan fingerprint density at radius 2 is 1.91 bits per heavy atom. The third kappa shape index (κ3) is 2.81. The summed E-state index contributed by atoms with van der Waals surface area (Å²) in [7, 11) is 1.96. The molecule has 3 aromatic rings. The van der Waals surface area contributed by atoms with Crippen LogP contribution in [0.1, 0.15) is 37.9 Å². The van der Waals surface area contributed by atoms with Crippen molar-refractivity contribution in [1.29, 1.82) is 0 Å². The van der Waals surface area contributed by atoms with Crippen LogP contribution in [0.3, 0.4) is 0 Å². The molecule has 0 bridgehead atoms. The summed E-state index contributed by atoms with van der Waals surface area (Å²) >= 11 is 0. The van der Waals surface area contributed by atoms with Gasteiger partial charge in [-0.2, -0.15) is 10.2 Å². The fourth-order valence-electron chi connectivity index (χ4n) is 2.59. The van der Waals surface area contributed by atoms with Crippen LogP contribution in [0.15, 0.2) is 24.5 Å². The third-order valence-electron chi connectivity index (χ3n) is 3.53. The number of nitrogens with zero attached hydrogens (tertiary/aromatic N) is 5. The molecule has 0 saturated carbocycles. The topological polar surface area (TPSA) is 60.0 Å². The summed E-state index contributed by atoms with van der Waals surface area (Å²) in [5.74, 6) is 0.777. The van der Waals surface area contributed by atoms with Crippen LogP contribution in [0.25, 0.3) is 5.65 Å². The molecule has 3 aromatic heterocycles. The van der Waals surface area contributed by atoms with E-state index < -0.39 is 0 Å². The maximum absolute atomic E-state index is 4.60. The van der Waals surface area contributed by atoms with E-state index in [9.17, 15) is 0 Å². The second-order valence-corrected chi connectivity index (χ2v) is 6.66. The minimum absolute atomic E-state index is 0.0330. The molecule has 116 valence electrons. The molecule has 0 saturated heterocycles. The highest BCUT2D eigenvalue weighted by Gasteiger charge is 2.21. The van der Waals surface area contributed by atoms with Crippen LogP contribution in [0.4, 0.5) is 5.69 Å². The minimum Gasteiger partial charge on any atom is -0.380 e. The van der Waals surface area contributed by atoms with Crippen LogP contribution < -0.4 is 5.32 Å². The fourth-order valence-corrected chi connectivity index (χ4v) is 2.59. The number of hydrogen-bond donors (Lipinski definition) is 1. The van der Waals surface area contributed by atoms with Crippen molar-refractivity contribution in [3.63, 3.8) is 0 Å². The Hall–Kier alpha value is -2.37. The quantitative estimate of drug-likeness (QED) is 0.807. The zero-order chi connectivity index (χ0) is 15.9. The smallest absolute Gasteiger partial charge is 0.155 e. The molecular formula is C16H22N6. The largest absolute Gasteiger partial charge is 0.380 e. The Bertz CT molecular complexity index is 806. The highest BCUT2D eigenvalue weighted by molar-refractivity contribution is 5.49. The molecule has 0 amide bonds. The van der Waals surface area contributed by atoms with Crippen molar-refractivity contribution in [3.8, 4) is 0 Å². The Morgan fingerprint density at radius 1 is 1.14 bits per heavy atom. The van der Waals surface area contributed by atoms with E-state index in [0.29, 0.717) is 0 Å². The minimum atomic E-state index is 0.0330. The van der Waals surface area contributed by atoms with Crippen molar-refractivity contribution < 1.29 is 0 Å². The molecule has 0 aliphatic rings. The number of anilines is 1.